The van der Waals surface area contributed by atoms with E-state index in [0.717, 1.165) is 54.5 Å². The average molecular weight is 402 g/mol. The SMILES string of the molecule is COc1ccccc1N1CCN(/N=C/c2cccc(OCc3ccccc3)c2)CC1. The van der Waals surface area contributed by atoms with Crippen molar-refractivity contribution < 1.29 is 9.47 Å². The molecule has 0 spiro atoms. The van der Waals surface area contributed by atoms with Crippen LogP contribution in [-0.2, 0) is 6.61 Å². The standard InChI is InChI=1S/C25H27N3O2/c1-29-25-13-6-5-12-24(25)27-14-16-28(17-15-27)26-19-22-10-7-11-23(18-22)30-20-21-8-3-2-4-9-21/h2-13,18-19H,14-17,20H2,1H3/b26-19+. The minimum absolute atomic E-state index is 0.562. The number of para-hydroxylation sites is 2. The number of hydrogen-bond donors (Lipinski definition) is 0. The fourth-order valence-electron chi connectivity index (χ4n) is 3.52. The van der Waals surface area contributed by atoms with Crippen molar-refractivity contribution in [3.63, 3.8) is 0 Å². The van der Waals surface area contributed by atoms with Crippen LogP contribution in [0.4, 0.5) is 5.69 Å². The number of ether oxygens (including phenoxy) is 2. The molecule has 1 aliphatic rings. The predicted molar refractivity (Wildman–Crippen MR) is 122 cm³/mol. The Morgan fingerprint density at radius 3 is 2.43 bits per heavy atom. The molecule has 154 valence electrons. The van der Waals surface area contributed by atoms with Crippen molar-refractivity contribution in [2.75, 3.05) is 38.2 Å². The molecule has 5 nitrogen and oxygen atoms in total. The Morgan fingerprint density at radius 2 is 1.63 bits per heavy atom. The number of methoxy groups -OCH3 is 1. The van der Waals surface area contributed by atoms with Gasteiger partial charge in [-0.3, -0.25) is 5.01 Å². The van der Waals surface area contributed by atoms with E-state index in [4.69, 9.17) is 9.47 Å². The molecular weight excluding hydrogens is 374 g/mol. The van der Waals surface area contributed by atoms with Gasteiger partial charge in [0.2, 0.25) is 0 Å². The van der Waals surface area contributed by atoms with E-state index >= 15 is 0 Å². The van der Waals surface area contributed by atoms with Crippen LogP contribution < -0.4 is 14.4 Å². The summed E-state index contributed by atoms with van der Waals surface area (Å²) in [4.78, 5) is 2.35. The molecule has 1 saturated heterocycles. The normalized spacial score (nSPS) is 14.2. The van der Waals surface area contributed by atoms with Crippen molar-refractivity contribution in [2.24, 2.45) is 5.10 Å². The molecular formula is C25H27N3O2. The van der Waals surface area contributed by atoms with Crippen molar-refractivity contribution in [1.82, 2.24) is 5.01 Å². The number of nitrogens with zero attached hydrogens (tertiary/aromatic N) is 3. The van der Waals surface area contributed by atoms with E-state index in [1.807, 2.05) is 60.8 Å². The van der Waals surface area contributed by atoms with Gasteiger partial charge in [-0.15, -0.1) is 0 Å². The maximum atomic E-state index is 5.92. The number of piperazine rings is 1. The second-order valence-electron chi connectivity index (χ2n) is 7.20. The average Bonchev–Trinajstić information content (AvgIpc) is 2.83. The Morgan fingerprint density at radius 1 is 0.867 bits per heavy atom. The Balaban J connectivity index is 1.31. The molecule has 5 heteroatoms. The first-order chi connectivity index (χ1) is 14.8. The van der Waals surface area contributed by atoms with Crippen LogP contribution in [0, 0.1) is 0 Å². The molecule has 0 bridgehead atoms. The lowest BCUT2D eigenvalue weighted by Crippen LogP contribution is -2.44. The molecule has 0 N–H and O–H groups in total. The fraction of sp³-hybridized carbons (Fsp3) is 0.240. The number of hydrogen-bond acceptors (Lipinski definition) is 5. The zero-order valence-electron chi connectivity index (χ0n) is 17.3. The molecule has 0 atom stereocenters. The van der Waals surface area contributed by atoms with Gasteiger partial charge in [0.15, 0.2) is 0 Å². The van der Waals surface area contributed by atoms with Gasteiger partial charge in [0.1, 0.15) is 18.1 Å². The fourth-order valence-corrected chi connectivity index (χ4v) is 3.52. The van der Waals surface area contributed by atoms with Crippen LogP contribution in [0.2, 0.25) is 0 Å². The van der Waals surface area contributed by atoms with Gasteiger partial charge in [0.25, 0.3) is 0 Å². The summed E-state index contributed by atoms with van der Waals surface area (Å²) in [6.45, 7) is 4.14. The monoisotopic (exact) mass is 401 g/mol. The number of anilines is 1. The first-order valence-electron chi connectivity index (χ1n) is 10.3. The smallest absolute Gasteiger partial charge is 0.142 e. The van der Waals surface area contributed by atoms with Crippen LogP contribution in [0.1, 0.15) is 11.1 Å². The van der Waals surface area contributed by atoms with Gasteiger partial charge in [-0.2, -0.15) is 5.10 Å². The van der Waals surface area contributed by atoms with E-state index in [-0.39, 0.29) is 0 Å². The molecule has 3 aromatic rings. The highest BCUT2D eigenvalue weighted by molar-refractivity contribution is 5.80. The van der Waals surface area contributed by atoms with E-state index in [2.05, 4.69) is 39.3 Å². The number of benzene rings is 3. The van der Waals surface area contributed by atoms with Gasteiger partial charge in [0.05, 0.1) is 32.1 Å². The van der Waals surface area contributed by atoms with E-state index in [1.165, 1.54) is 0 Å². The summed E-state index contributed by atoms with van der Waals surface area (Å²) < 4.78 is 11.4. The Hall–Kier alpha value is -3.47. The minimum atomic E-state index is 0.562. The highest BCUT2D eigenvalue weighted by Crippen LogP contribution is 2.28. The number of hydrazone groups is 1. The minimum Gasteiger partial charge on any atom is -0.495 e. The summed E-state index contributed by atoms with van der Waals surface area (Å²) in [6, 6.07) is 26.4. The third-order valence-electron chi connectivity index (χ3n) is 5.16. The molecule has 30 heavy (non-hydrogen) atoms. The lowest BCUT2D eigenvalue weighted by molar-refractivity contribution is 0.271. The van der Waals surface area contributed by atoms with Crippen molar-refractivity contribution >= 4 is 11.9 Å². The van der Waals surface area contributed by atoms with Crippen LogP contribution in [0.3, 0.4) is 0 Å². The van der Waals surface area contributed by atoms with E-state index in [1.54, 1.807) is 7.11 Å². The van der Waals surface area contributed by atoms with Crippen molar-refractivity contribution in [2.45, 2.75) is 6.61 Å². The van der Waals surface area contributed by atoms with Gasteiger partial charge in [-0.1, -0.05) is 54.6 Å². The van der Waals surface area contributed by atoms with Crippen molar-refractivity contribution in [3.8, 4) is 11.5 Å². The highest BCUT2D eigenvalue weighted by Gasteiger charge is 2.18. The lowest BCUT2D eigenvalue weighted by Gasteiger charge is -2.35. The van der Waals surface area contributed by atoms with E-state index in [0.29, 0.717) is 6.61 Å². The maximum Gasteiger partial charge on any atom is 0.142 e. The van der Waals surface area contributed by atoms with Crippen LogP contribution in [0.25, 0.3) is 0 Å². The van der Waals surface area contributed by atoms with Crippen LogP contribution in [0.15, 0.2) is 84.0 Å². The second kappa shape index (κ2) is 9.83. The molecule has 0 aromatic heterocycles. The Bertz CT molecular complexity index is 967. The molecule has 0 radical (unpaired) electrons. The molecule has 3 aromatic carbocycles. The summed E-state index contributed by atoms with van der Waals surface area (Å²) in [6.07, 6.45) is 1.91. The van der Waals surface area contributed by atoms with Crippen LogP contribution >= 0.6 is 0 Å². The second-order valence-corrected chi connectivity index (χ2v) is 7.20. The number of rotatable bonds is 7. The largest absolute Gasteiger partial charge is 0.495 e. The summed E-state index contributed by atoms with van der Waals surface area (Å²) >= 11 is 0. The Labute approximate surface area is 178 Å². The van der Waals surface area contributed by atoms with Crippen molar-refractivity contribution in [1.29, 1.82) is 0 Å². The first kappa shape index (κ1) is 19.8. The molecule has 0 unspecified atom stereocenters. The molecule has 0 aliphatic carbocycles. The Kier molecular flexibility index (Phi) is 6.50. The highest BCUT2D eigenvalue weighted by atomic mass is 16.5. The van der Waals surface area contributed by atoms with Gasteiger partial charge < -0.3 is 14.4 Å². The quantitative estimate of drug-likeness (QED) is 0.549. The molecule has 4 rings (SSSR count). The molecule has 1 aliphatic heterocycles. The zero-order chi connectivity index (χ0) is 20.6. The van der Waals surface area contributed by atoms with Gasteiger partial charge in [-0.05, 0) is 35.4 Å². The van der Waals surface area contributed by atoms with E-state index < -0.39 is 0 Å². The van der Waals surface area contributed by atoms with Gasteiger partial charge >= 0.3 is 0 Å². The zero-order valence-corrected chi connectivity index (χ0v) is 17.3. The third kappa shape index (κ3) is 5.11. The third-order valence-corrected chi connectivity index (χ3v) is 5.16. The summed E-state index contributed by atoms with van der Waals surface area (Å²) in [7, 11) is 1.72. The van der Waals surface area contributed by atoms with Crippen molar-refractivity contribution in [3.05, 3.63) is 90.0 Å². The van der Waals surface area contributed by atoms with Gasteiger partial charge in [-0.25, -0.2) is 0 Å². The summed E-state index contributed by atoms with van der Waals surface area (Å²) in [5, 5.41) is 6.79. The first-order valence-corrected chi connectivity index (χ1v) is 10.3. The maximum absolute atomic E-state index is 5.92. The topological polar surface area (TPSA) is 37.3 Å². The van der Waals surface area contributed by atoms with Crippen LogP contribution in [0.5, 0.6) is 11.5 Å². The predicted octanol–water partition coefficient (Wildman–Crippen LogP) is 4.43. The lowest BCUT2D eigenvalue weighted by atomic mass is 10.2. The van der Waals surface area contributed by atoms with Crippen LogP contribution in [-0.4, -0.2) is 44.5 Å². The van der Waals surface area contributed by atoms with Gasteiger partial charge in [0, 0.05) is 13.1 Å². The molecule has 1 heterocycles. The molecule has 1 fully saturated rings. The summed E-state index contributed by atoms with van der Waals surface area (Å²) in [5.41, 5.74) is 3.34. The summed E-state index contributed by atoms with van der Waals surface area (Å²) in [5.74, 6) is 1.77. The molecule has 0 amide bonds. The van der Waals surface area contributed by atoms with E-state index in [9.17, 15) is 0 Å². The molecule has 0 saturated carbocycles.